The molecule has 0 fully saturated rings. The molecule has 0 radical (unpaired) electrons. The Balaban J connectivity index is 1.16. The monoisotopic (exact) mass is 716 g/mol. The van der Waals surface area contributed by atoms with E-state index in [2.05, 4.69) is 235 Å². The quantitative estimate of drug-likeness (QED) is 0.166. The average Bonchev–Trinajstić information content (AvgIpc) is 3.65. The van der Waals surface area contributed by atoms with Crippen LogP contribution in [0.15, 0.2) is 212 Å². The van der Waals surface area contributed by atoms with Gasteiger partial charge in [0.25, 0.3) is 0 Å². The molecular formula is C54H40N2. The van der Waals surface area contributed by atoms with Crippen LogP contribution in [0.2, 0.25) is 0 Å². The van der Waals surface area contributed by atoms with Crippen LogP contribution in [-0.4, -0.2) is 4.57 Å². The van der Waals surface area contributed by atoms with Crippen molar-refractivity contribution in [3.8, 4) is 39.2 Å². The summed E-state index contributed by atoms with van der Waals surface area (Å²) in [5.74, 6) is 0.0607. The van der Waals surface area contributed by atoms with Gasteiger partial charge in [0.05, 0.1) is 5.69 Å². The van der Waals surface area contributed by atoms with Crippen LogP contribution in [0, 0.1) is 0 Å². The molecule has 0 amide bonds. The molecule has 2 heteroatoms. The predicted octanol–water partition coefficient (Wildman–Crippen LogP) is 14.4. The van der Waals surface area contributed by atoms with Crippen molar-refractivity contribution < 1.29 is 0 Å². The number of hydrogen-bond donors (Lipinski definition) is 0. The van der Waals surface area contributed by atoms with E-state index < -0.39 is 0 Å². The van der Waals surface area contributed by atoms with Crippen LogP contribution in [0.5, 0.6) is 0 Å². The van der Waals surface area contributed by atoms with E-state index in [4.69, 9.17) is 0 Å². The standard InChI is InChI=1S/C54H40N2/c1-38-34-52(45-24-20-43(21-25-45)39-12-4-2-5-13-39)55(50-30-28-41-16-8-10-18-47(41)35-50)33-32-49-37-53(46-26-22-44(23-27-46)40-14-6-3-7-15-40)56(54(38)49)51-31-29-42-17-9-11-19-48(42)36-51/h2-38H,1H3/b33-32+,52-34-. The minimum atomic E-state index is 0.0607. The number of anilines is 1. The van der Waals surface area contributed by atoms with Crippen LogP contribution >= 0.6 is 0 Å². The number of benzene rings is 8. The number of aromatic nitrogens is 1. The molecule has 2 heterocycles. The van der Waals surface area contributed by atoms with Crippen molar-refractivity contribution in [2.75, 3.05) is 4.90 Å². The van der Waals surface area contributed by atoms with Gasteiger partial charge in [0, 0.05) is 34.9 Å². The van der Waals surface area contributed by atoms with Crippen LogP contribution in [-0.2, 0) is 0 Å². The normalized spacial score (nSPS) is 15.5. The second-order valence-electron chi connectivity index (χ2n) is 14.7. The molecule has 1 aromatic heterocycles. The molecule has 2 nitrogen and oxygen atoms in total. The molecule has 0 spiro atoms. The Morgan fingerprint density at radius 1 is 0.393 bits per heavy atom. The topological polar surface area (TPSA) is 8.17 Å². The molecule has 0 N–H and O–H groups in total. The Labute approximate surface area is 328 Å². The molecule has 8 aromatic carbocycles. The highest BCUT2D eigenvalue weighted by molar-refractivity contribution is 5.92. The van der Waals surface area contributed by atoms with Gasteiger partial charge in [-0.05, 0) is 96.9 Å². The molecular weight excluding hydrogens is 677 g/mol. The van der Waals surface area contributed by atoms with Crippen molar-refractivity contribution in [1.82, 2.24) is 4.57 Å². The minimum Gasteiger partial charge on any atom is -0.317 e. The first-order chi connectivity index (χ1) is 27.7. The zero-order chi connectivity index (χ0) is 37.4. The van der Waals surface area contributed by atoms with Gasteiger partial charge in [-0.3, -0.25) is 0 Å². The molecule has 1 unspecified atom stereocenters. The van der Waals surface area contributed by atoms with E-state index in [0.29, 0.717) is 0 Å². The van der Waals surface area contributed by atoms with Gasteiger partial charge in [-0.25, -0.2) is 0 Å². The second-order valence-corrected chi connectivity index (χ2v) is 14.7. The third-order valence-corrected chi connectivity index (χ3v) is 11.1. The lowest BCUT2D eigenvalue weighted by Crippen LogP contribution is -2.17. The van der Waals surface area contributed by atoms with Gasteiger partial charge in [-0.15, -0.1) is 0 Å². The Morgan fingerprint density at radius 3 is 1.45 bits per heavy atom. The Bertz CT molecular complexity index is 2900. The lowest BCUT2D eigenvalue weighted by Gasteiger charge is -2.28. The van der Waals surface area contributed by atoms with E-state index in [1.807, 2.05) is 0 Å². The highest BCUT2D eigenvalue weighted by atomic mass is 15.1. The van der Waals surface area contributed by atoms with Crippen LogP contribution in [0.25, 0.3) is 72.5 Å². The fourth-order valence-electron chi connectivity index (χ4n) is 8.30. The first-order valence-electron chi connectivity index (χ1n) is 19.4. The summed E-state index contributed by atoms with van der Waals surface area (Å²) in [4.78, 5) is 2.37. The summed E-state index contributed by atoms with van der Waals surface area (Å²) in [5.41, 5.74) is 14.2. The average molecular weight is 717 g/mol. The second kappa shape index (κ2) is 14.2. The summed E-state index contributed by atoms with van der Waals surface area (Å²) in [5, 5.41) is 4.91. The summed E-state index contributed by atoms with van der Waals surface area (Å²) < 4.78 is 2.49. The van der Waals surface area contributed by atoms with Crippen LogP contribution < -0.4 is 4.90 Å². The fraction of sp³-hybridized carbons (Fsp3) is 0.0370. The van der Waals surface area contributed by atoms with E-state index in [1.165, 1.54) is 71.9 Å². The van der Waals surface area contributed by atoms with Crippen molar-refractivity contribution in [2.24, 2.45) is 0 Å². The number of rotatable bonds is 6. The SMILES string of the molecule is CC1/C=C(/c2ccc(-c3ccccc3)cc2)N(c2ccc3ccccc3c2)/C=C/c2cc(-c3ccc(-c4ccccc4)cc3)n(-c3ccc4ccccc4c3)c21. The van der Waals surface area contributed by atoms with Crippen LogP contribution in [0.1, 0.15) is 29.7 Å². The molecule has 0 saturated heterocycles. The summed E-state index contributed by atoms with van der Waals surface area (Å²) in [7, 11) is 0. The Morgan fingerprint density at radius 2 is 0.857 bits per heavy atom. The molecule has 10 rings (SSSR count). The molecule has 0 bridgehead atoms. The lowest BCUT2D eigenvalue weighted by atomic mass is 9.96. The summed E-state index contributed by atoms with van der Waals surface area (Å²) in [6, 6.07) is 72.5. The van der Waals surface area contributed by atoms with Gasteiger partial charge in [0.15, 0.2) is 0 Å². The number of allylic oxidation sites excluding steroid dienone is 1. The first-order valence-corrected chi connectivity index (χ1v) is 19.4. The number of hydrogen-bond acceptors (Lipinski definition) is 1. The molecule has 0 aliphatic carbocycles. The highest BCUT2D eigenvalue weighted by Gasteiger charge is 2.25. The maximum Gasteiger partial charge on any atom is 0.0537 e. The molecule has 1 aliphatic rings. The van der Waals surface area contributed by atoms with E-state index in [1.54, 1.807) is 0 Å². The molecule has 1 aliphatic heterocycles. The molecule has 56 heavy (non-hydrogen) atoms. The van der Waals surface area contributed by atoms with E-state index in [-0.39, 0.29) is 5.92 Å². The van der Waals surface area contributed by atoms with Crippen LogP contribution in [0.3, 0.4) is 0 Å². The number of fused-ring (bicyclic) bond motifs is 3. The zero-order valence-electron chi connectivity index (χ0n) is 31.3. The fourth-order valence-corrected chi connectivity index (χ4v) is 8.30. The predicted molar refractivity (Wildman–Crippen MR) is 238 cm³/mol. The Kier molecular flexibility index (Phi) is 8.50. The van der Waals surface area contributed by atoms with Crippen molar-refractivity contribution >= 4 is 39.0 Å². The smallest absolute Gasteiger partial charge is 0.0537 e. The summed E-state index contributed by atoms with van der Waals surface area (Å²) in [6.45, 7) is 2.34. The van der Waals surface area contributed by atoms with Crippen molar-refractivity contribution in [3.05, 3.63) is 229 Å². The van der Waals surface area contributed by atoms with Crippen molar-refractivity contribution in [1.29, 1.82) is 0 Å². The molecule has 1 atom stereocenters. The molecule has 9 aromatic rings. The molecule has 266 valence electrons. The van der Waals surface area contributed by atoms with Gasteiger partial charge < -0.3 is 9.47 Å². The third kappa shape index (κ3) is 6.22. The van der Waals surface area contributed by atoms with Gasteiger partial charge in [-0.2, -0.15) is 0 Å². The Hall–Kier alpha value is -7.16. The van der Waals surface area contributed by atoms with Crippen molar-refractivity contribution in [3.63, 3.8) is 0 Å². The van der Waals surface area contributed by atoms with E-state index in [0.717, 1.165) is 17.1 Å². The maximum absolute atomic E-state index is 2.49. The first kappa shape index (κ1) is 33.4. The zero-order valence-corrected chi connectivity index (χ0v) is 31.3. The van der Waals surface area contributed by atoms with E-state index >= 15 is 0 Å². The minimum absolute atomic E-state index is 0.0607. The summed E-state index contributed by atoms with van der Waals surface area (Å²) in [6.07, 6.45) is 7.03. The molecule has 0 saturated carbocycles. The largest absolute Gasteiger partial charge is 0.317 e. The highest BCUT2D eigenvalue weighted by Crippen LogP contribution is 2.41. The van der Waals surface area contributed by atoms with E-state index in [9.17, 15) is 0 Å². The van der Waals surface area contributed by atoms with Gasteiger partial charge in [0.2, 0.25) is 0 Å². The summed E-state index contributed by atoms with van der Waals surface area (Å²) >= 11 is 0. The van der Waals surface area contributed by atoms with Crippen LogP contribution in [0.4, 0.5) is 5.69 Å². The third-order valence-electron chi connectivity index (χ3n) is 11.1. The lowest BCUT2D eigenvalue weighted by molar-refractivity contribution is 0.852. The number of nitrogens with zero attached hydrogens (tertiary/aromatic N) is 2. The maximum atomic E-state index is 2.49. The van der Waals surface area contributed by atoms with Gasteiger partial charge in [0.1, 0.15) is 0 Å². The van der Waals surface area contributed by atoms with Gasteiger partial charge >= 0.3 is 0 Å². The van der Waals surface area contributed by atoms with Gasteiger partial charge in [-0.1, -0.05) is 183 Å². The van der Waals surface area contributed by atoms with Crippen molar-refractivity contribution in [2.45, 2.75) is 12.8 Å².